The van der Waals surface area contributed by atoms with Crippen molar-refractivity contribution in [3.05, 3.63) is 47.5 Å². The van der Waals surface area contributed by atoms with Crippen LogP contribution < -0.4 is 0 Å². The van der Waals surface area contributed by atoms with Gasteiger partial charge in [-0.25, -0.2) is 0 Å². The number of hydrogen-bond donors (Lipinski definition) is 0. The maximum absolute atomic E-state index is 2.36. The summed E-state index contributed by atoms with van der Waals surface area (Å²) in [4.78, 5) is 0. The third kappa shape index (κ3) is 1.42. The third-order valence-corrected chi connectivity index (χ3v) is 2.40. The maximum atomic E-state index is 2.36. The molecule has 0 N–H and O–H groups in total. The third-order valence-electron chi connectivity index (χ3n) is 2.40. The smallest absolute Gasteiger partial charge is 0.00858 e. The molecule has 0 heterocycles. The van der Waals surface area contributed by atoms with Crippen LogP contribution in [0.25, 0.3) is 0 Å². The second kappa shape index (κ2) is 3.14. The molecule has 0 nitrogen and oxygen atoms in total. The summed E-state index contributed by atoms with van der Waals surface area (Å²) in [5.74, 6) is 0.756. The van der Waals surface area contributed by atoms with E-state index in [1.54, 1.807) is 5.57 Å². The van der Waals surface area contributed by atoms with E-state index < -0.39 is 0 Å². The van der Waals surface area contributed by atoms with Crippen LogP contribution in [0.2, 0.25) is 0 Å². The van der Waals surface area contributed by atoms with E-state index in [0.29, 0.717) is 0 Å². The quantitative estimate of drug-likeness (QED) is 0.578. The number of rotatable bonds is 2. The lowest BCUT2D eigenvalue weighted by atomic mass is 10.1. The summed E-state index contributed by atoms with van der Waals surface area (Å²) in [7, 11) is 0. The van der Waals surface area contributed by atoms with E-state index in [2.05, 4.69) is 43.3 Å². The van der Waals surface area contributed by atoms with Gasteiger partial charge < -0.3 is 0 Å². The molecule has 0 unspecified atom stereocenters. The predicted octanol–water partition coefficient (Wildman–Crippen LogP) is 3.51. The van der Waals surface area contributed by atoms with E-state index >= 15 is 0 Å². The highest BCUT2D eigenvalue weighted by atomic mass is 14.3. The van der Waals surface area contributed by atoms with Crippen LogP contribution in [-0.2, 0) is 0 Å². The minimum Gasteiger partial charge on any atom is -0.0849 e. The minimum absolute atomic E-state index is 0.756. The first-order valence-corrected chi connectivity index (χ1v) is 4.65. The van der Waals surface area contributed by atoms with Crippen molar-refractivity contribution >= 4 is 0 Å². The molecule has 1 aliphatic carbocycles. The molecule has 62 valence electrons. The summed E-state index contributed by atoms with van der Waals surface area (Å²) in [6.45, 7) is 2.20. The average Bonchev–Trinajstić information content (AvgIpc) is 2.87. The molecule has 0 saturated heterocycles. The van der Waals surface area contributed by atoms with Gasteiger partial charge in [-0.3, -0.25) is 0 Å². The van der Waals surface area contributed by atoms with Crippen molar-refractivity contribution in [3.8, 4) is 0 Å². The molecule has 1 aromatic carbocycles. The second-order valence-electron chi connectivity index (χ2n) is 3.35. The van der Waals surface area contributed by atoms with Crippen LogP contribution >= 0.6 is 0 Å². The molecule has 1 fully saturated rings. The molecule has 0 aliphatic heterocycles. The van der Waals surface area contributed by atoms with Gasteiger partial charge in [0.05, 0.1) is 0 Å². The van der Waals surface area contributed by atoms with Crippen molar-refractivity contribution in [1.82, 2.24) is 0 Å². The zero-order valence-corrected chi connectivity index (χ0v) is 7.46. The summed E-state index contributed by atoms with van der Waals surface area (Å²) < 4.78 is 0. The molecule has 2 rings (SSSR count). The fourth-order valence-electron chi connectivity index (χ4n) is 1.68. The van der Waals surface area contributed by atoms with Crippen LogP contribution in [0.1, 0.15) is 31.2 Å². The Morgan fingerprint density at radius 3 is 2.75 bits per heavy atom. The molecule has 0 spiro atoms. The average molecular weight is 158 g/mol. The standard InChI is InChI=1S/C12H14/c1-2-6-11-9-12(11)10-7-4-3-5-8-10/h3-8,12H,2,9H2,1H3/b11-6+/t12-/m1/s1. The lowest BCUT2D eigenvalue weighted by Crippen LogP contribution is -1.75. The van der Waals surface area contributed by atoms with E-state index in [0.717, 1.165) is 5.92 Å². The Morgan fingerprint density at radius 1 is 1.33 bits per heavy atom. The topological polar surface area (TPSA) is 0 Å². The van der Waals surface area contributed by atoms with Gasteiger partial charge >= 0.3 is 0 Å². The number of allylic oxidation sites excluding steroid dienone is 2. The summed E-state index contributed by atoms with van der Waals surface area (Å²) >= 11 is 0. The van der Waals surface area contributed by atoms with Crippen LogP contribution in [0.15, 0.2) is 42.0 Å². The summed E-state index contributed by atoms with van der Waals surface area (Å²) in [5.41, 5.74) is 3.11. The molecule has 1 aliphatic rings. The van der Waals surface area contributed by atoms with E-state index in [1.165, 1.54) is 18.4 Å². The molecule has 1 aromatic rings. The molecule has 0 radical (unpaired) electrons. The largest absolute Gasteiger partial charge is 0.0849 e. The first-order chi connectivity index (χ1) is 5.92. The first-order valence-electron chi connectivity index (χ1n) is 4.65. The van der Waals surface area contributed by atoms with E-state index in [-0.39, 0.29) is 0 Å². The normalized spacial score (nSPS) is 24.4. The SMILES string of the molecule is CC/C=C1\C[C@@H]1c1ccccc1. The minimum atomic E-state index is 0.756. The monoisotopic (exact) mass is 158 g/mol. The van der Waals surface area contributed by atoms with Gasteiger partial charge in [0.25, 0.3) is 0 Å². The molecule has 12 heavy (non-hydrogen) atoms. The maximum Gasteiger partial charge on any atom is 0.00858 e. The first kappa shape index (κ1) is 7.60. The molecular formula is C12H14. The Kier molecular flexibility index (Phi) is 1.99. The molecular weight excluding hydrogens is 144 g/mol. The fraction of sp³-hybridized carbons (Fsp3) is 0.333. The fourth-order valence-corrected chi connectivity index (χ4v) is 1.68. The summed E-state index contributed by atoms with van der Waals surface area (Å²) in [6.07, 6.45) is 4.83. The van der Waals surface area contributed by atoms with Crippen molar-refractivity contribution in [2.45, 2.75) is 25.7 Å². The molecule has 0 bridgehead atoms. The lowest BCUT2D eigenvalue weighted by molar-refractivity contribution is 1.15. The van der Waals surface area contributed by atoms with E-state index in [1.807, 2.05) is 0 Å². The van der Waals surface area contributed by atoms with Gasteiger partial charge in [0.1, 0.15) is 0 Å². The van der Waals surface area contributed by atoms with Crippen molar-refractivity contribution in [2.75, 3.05) is 0 Å². The zero-order valence-electron chi connectivity index (χ0n) is 7.46. The molecule has 0 amide bonds. The Labute approximate surface area is 73.9 Å². The molecule has 0 aromatic heterocycles. The molecule has 1 saturated carbocycles. The van der Waals surface area contributed by atoms with Crippen molar-refractivity contribution in [2.24, 2.45) is 0 Å². The van der Waals surface area contributed by atoms with Gasteiger partial charge in [0, 0.05) is 5.92 Å². The highest BCUT2D eigenvalue weighted by Gasteiger charge is 2.29. The molecule has 0 heteroatoms. The van der Waals surface area contributed by atoms with Crippen LogP contribution in [0.5, 0.6) is 0 Å². The van der Waals surface area contributed by atoms with Crippen LogP contribution in [0.3, 0.4) is 0 Å². The van der Waals surface area contributed by atoms with Gasteiger partial charge in [0.2, 0.25) is 0 Å². The van der Waals surface area contributed by atoms with Crippen LogP contribution in [-0.4, -0.2) is 0 Å². The Balaban J connectivity index is 2.11. The van der Waals surface area contributed by atoms with Gasteiger partial charge in [-0.1, -0.05) is 48.9 Å². The van der Waals surface area contributed by atoms with E-state index in [9.17, 15) is 0 Å². The van der Waals surface area contributed by atoms with Gasteiger partial charge in [-0.15, -0.1) is 0 Å². The van der Waals surface area contributed by atoms with E-state index in [4.69, 9.17) is 0 Å². The van der Waals surface area contributed by atoms with Crippen molar-refractivity contribution < 1.29 is 0 Å². The van der Waals surface area contributed by atoms with Crippen LogP contribution in [0, 0.1) is 0 Å². The van der Waals surface area contributed by atoms with Gasteiger partial charge in [-0.05, 0) is 18.4 Å². The zero-order chi connectivity index (χ0) is 8.39. The molecule has 1 atom stereocenters. The summed E-state index contributed by atoms with van der Waals surface area (Å²) in [5, 5.41) is 0. The van der Waals surface area contributed by atoms with Crippen molar-refractivity contribution in [3.63, 3.8) is 0 Å². The number of benzene rings is 1. The lowest BCUT2D eigenvalue weighted by Gasteiger charge is -1.93. The van der Waals surface area contributed by atoms with Crippen molar-refractivity contribution in [1.29, 1.82) is 0 Å². The highest BCUT2D eigenvalue weighted by Crippen LogP contribution is 2.46. The number of hydrogen-bond acceptors (Lipinski definition) is 0. The Hall–Kier alpha value is -1.04. The van der Waals surface area contributed by atoms with Gasteiger partial charge in [-0.2, -0.15) is 0 Å². The van der Waals surface area contributed by atoms with Crippen LogP contribution in [0.4, 0.5) is 0 Å². The predicted molar refractivity (Wildman–Crippen MR) is 52.2 cm³/mol. The highest BCUT2D eigenvalue weighted by molar-refractivity contribution is 5.40. The van der Waals surface area contributed by atoms with Gasteiger partial charge in [0.15, 0.2) is 0 Å². The Morgan fingerprint density at radius 2 is 2.08 bits per heavy atom. The summed E-state index contributed by atoms with van der Waals surface area (Å²) in [6, 6.07) is 10.8. The Bertz CT molecular complexity index is 282. The second-order valence-corrected chi connectivity index (χ2v) is 3.35.